The molecule has 0 atom stereocenters. The minimum absolute atomic E-state index is 0.00875. The maximum absolute atomic E-state index is 12.7. The van der Waals surface area contributed by atoms with Crippen LogP contribution in [0.3, 0.4) is 0 Å². The minimum Gasteiger partial charge on any atom is -0.316 e. The molecule has 0 aliphatic carbocycles. The molecule has 13 heavy (non-hydrogen) atoms. The number of rotatable bonds is 6. The van der Waals surface area contributed by atoms with Gasteiger partial charge in [-0.3, -0.25) is 0 Å². The van der Waals surface area contributed by atoms with Crippen molar-refractivity contribution in [3.8, 4) is 0 Å². The van der Waals surface area contributed by atoms with Crippen LogP contribution in [0, 0.1) is 5.92 Å². The van der Waals surface area contributed by atoms with Gasteiger partial charge < -0.3 is 4.74 Å². The van der Waals surface area contributed by atoms with Crippen LogP contribution in [0.5, 0.6) is 0 Å². The summed E-state index contributed by atoms with van der Waals surface area (Å²) in [6.07, 6.45) is 0.746. The van der Waals surface area contributed by atoms with E-state index >= 15 is 0 Å². The van der Waals surface area contributed by atoms with E-state index in [1.54, 1.807) is 13.0 Å². The lowest BCUT2D eigenvalue weighted by Gasteiger charge is -2.14. The van der Waals surface area contributed by atoms with E-state index in [0.717, 1.165) is 0 Å². The molecule has 3 heteroatoms. The first-order valence-corrected chi connectivity index (χ1v) is 4.66. The van der Waals surface area contributed by atoms with Crippen LogP contribution in [0.4, 0.5) is 8.78 Å². The monoisotopic (exact) mass is 192 g/mol. The normalized spacial score (nSPS) is 13.1. The number of allylic oxidation sites excluding steroid dienone is 1. The molecular weight excluding hydrogens is 174 g/mol. The van der Waals surface area contributed by atoms with Crippen molar-refractivity contribution in [3.05, 3.63) is 12.2 Å². The van der Waals surface area contributed by atoms with Crippen LogP contribution < -0.4 is 0 Å². The van der Waals surface area contributed by atoms with Crippen LogP contribution in [0.25, 0.3) is 0 Å². The van der Waals surface area contributed by atoms with E-state index in [9.17, 15) is 8.78 Å². The van der Waals surface area contributed by atoms with Crippen molar-refractivity contribution >= 4 is 0 Å². The highest BCUT2D eigenvalue weighted by Crippen LogP contribution is 2.21. The van der Waals surface area contributed by atoms with Gasteiger partial charge in [0.15, 0.2) is 0 Å². The Morgan fingerprint density at radius 1 is 1.38 bits per heavy atom. The maximum atomic E-state index is 12.7. The summed E-state index contributed by atoms with van der Waals surface area (Å²) in [5.41, 5.74) is 0. The molecule has 0 heterocycles. The van der Waals surface area contributed by atoms with Gasteiger partial charge >= 0.3 is 6.11 Å². The fourth-order valence-electron chi connectivity index (χ4n) is 0.861. The van der Waals surface area contributed by atoms with E-state index in [4.69, 9.17) is 0 Å². The number of halogens is 2. The first kappa shape index (κ1) is 12.6. The molecule has 0 unspecified atom stereocenters. The third-order valence-corrected chi connectivity index (χ3v) is 1.45. The SMILES string of the molecule is CCCC(F)(F)OC/C=C/C(C)C. The predicted molar refractivity (Wildman–Crippen MR) is 49.8 cm³/mol. The Bertz CT molecular complexity index is 153. The Morgan fingerprint density at radius 2 is 2.00 bits per heavy atom. The highest BCUT2D eigenvalue weighted by Gasteiger charge is 2.27. The second-order valence-electron chi connectivity index (χ2n) is 3.37. The second kappa shape index (κ2) is 6.08. The van der Waals surface area contributed by atoms with Crippen molar-refractivity contribution in [2.24, 2.45) is 5.92 Å². The van der Waals surface area contributed by atoms with Crippen LogP contribution in [0.1, 0.15) is 33.6 Å². The minimum atomic E-state index is -2.96. The zero-order chi connectivity index (χ0) is 10.3. The van der Waals surface area contributed by atoms with Crippen LogP contribution in [-0.2, 0) is 4.74 Å². The quantitative estimate of drug-likeness (QED) is 0.584. The van der Waals surface area contributed by atoms with Gasteiger partial charge in [-0.2, -0.15) is 8.78 Å². The molecular formula is C10H18F2O. The first-order chi connectivity index (χ1) is 5.98. The van der Waals surface area contributed by atoms with Crippen molar-refractivity contribution in [3.63, 3.8) is 0 Å². The van der Waals surface area contributed by atoms with Gasteiger partial charge in [-0.25, -0.2) is 0 Å². The van der Waals surface area contributed by atoms with Gasteiger partial charge in [0, 0.05) is 6.42 Å². The van der Waals surface area contributed by atoms with Gasteiger partial charge in [0.05, 0.1) is 6.61 Å². The summed E-state index contributed by atoms with van der Waals surface area (Å²) in [6.45, 7) is 5.67. The smallest absolute Gasteiger partial charge is 0.316 e. The van der Waals surface area contributed by atoms with Gasteiger partial charge in [-0.15, -0.1) is 0 Å². The Morgan fingerprint density at radius 3 is 2.46 bits per heavy atom. The molecule has 0 aliphatic rings. The van der Waals surface area contributed by atoms with E-state index in [1.165, 1.54) is 0 Å². The highest BCUT2D eigenvalue weighted by molar-refractivity contribution is 4.84. The van der Waals surface area contributed by atoms with E-state index in [0.29, 0.717) is 12.3 Å². The molecule has 0 saturated carbocycles. The molecule has 0 N–H and O–H groups in total. The largest absolute Gasteiger partial charge is 0.356 e. The zero-order valence-corrected chi connectivity index (χ0v) is 8.52. The maximum Gasteiger partial charge on any atom is 0.356 e. The van der Waals surface area contributed by atoms with E-state index in [1.807, 2.05) is 19.9 Å². The zero-order valence-electron chi connectivity index (χ0n) is 8.52. The molecule has 0 bridgehead atoms. The molecule has 0 amide bonds. The van der Waals surface area contributed by atoms with E-state index < -0.39 is 6.11 Å². The third-order valence-electron chi connectivity index (χ3n) is 1.45. The van der Waals surface area contributed by atoms with Crippen LogP contribution in [0.2, 0.25) is 0 Å². The highest BCUT2D eigenvalue weighted by atomic mass is 19.3. The molecule has 1 nitrogen and oxygen atoms in total. The summed E-state index contributed by atoms with van der Waals surface area (Å²) >= 11 is 0. The number of ether oxygens (including phenoxy) is 1. The van der Waals surface area contributed by atoms with Crippen molar-refractivity contribution in [1.82, 2.24) is 0 Å². The lowest BCUT2D eigenvalue weighted by Crippen LogP contribution is -2.20. The van der Waals surface area contributed by atoms with Gasteiger partial charge in [-0.05, 0) is 12.3 Å². The molecule has 0 aromatic carbocycles. The summed E-state index contributed by atoms with van der Waals surface area (Å²) in [6, 6.07) is 0. The Labute approximate surface area is 78.8 Å². The van der Waals surface area contributed by atoms with Crippen molar-refractivity contribution in [2.45, 2.75) is 39.7 Å². The Hall–Kier alpha value is -0.440. The molecule has 0 radical (unpaired) electrons. The molecule has 0 aliphatic heterocycles. The van der Waals surface area contributed by atoms with Crippen LogP contribution >= 0.6 is 0 Å². The molecule has 0 spiro atoms. The molecule has 0 aromatic rings. The summed E-state index contributed by atoms with van der Waals surface area (Å²) in [4.78, 5) is 0. The second-order valence-corrected chi connectivity index (χ2v) is 3.37. The van der Waals surface area contributed by atoms with Crippen molar-refractivity contribution in [2.75, 3.05) is 6.61 Å². The lowest BCUT2D eigenvalue weighted by atomic mass is 10.2. The summed E-state index contributed by atoms with van der Waals surface area (Å²) < 4.78 is 29.8. The molecule has 0 aromatic heterocycles. The molecule has 78 valence electrons. The van der Waals surface area contributed by atoms with E-state index in [2.05, 4.69) is 4.74 Å². The predicted octanol–water partition coefficient (Wildman–Crippen LogP) is 3.61. The summed E-state index contributed by atoms with van der Waals surface area (Å²) in [7, 11) is 0. The lowest BCUT2D eigenvalue weighted by molar-refractivity contribution is -0.235. The van der Waals surface area contributed by atoms with Gasteiger partial charge in [0.2, 0.25) is 0 Å². The number of hydrogen-bond donors (Lipinski definition) is 0. The van der Waals surface area contributed by atoms with Crippen LogP contribution in [0.15, 0.2) is 12.2 Å². The third kappa shape index (κ3) is 7.91. The summed E-state index contributed by atoms with van der Waals surface area (Å²) in [5.74, 6) is 0.378. The van der Waals surface area contributed by atoms with Crippen molar-refractivity contribution < 1.29 is 13.5 Å². The first-order valence-electron chi connectivity index (χ1n) is 4.66. The number of hydrogen-bond acceptors (Lipinski definition) is 1. The number of alkyl halides is 2. The Balaban J connectivity index is 3.62. The van der Waals surface area contributed by atoms with Gasteiger partial charge in [0.1, 0.15) is 0 Å². The Kier molecular flexibility index (Phi) is 5.88. The molecule has 0 saturated heterocycles. The average molecular weight is 192 g/mol. The molecule has 0 fully saturated rings. The van der Waals surface area contributed by atoms with Crippen molar-refractivity contribution in [1.29, 1.82) is 0 Å². The van der Waals surface area contributed by atoms with Crippen LogP contribution in [-0.4, -0.2) is 12.7 Å². The molecule has 0 rings (SSSR count). The fourth-order valence-corrected chi connectivity index (χ4v) is 0.861. The van der Waals surface area contributed by atoms with Gasteiger partial charge in [0.25, 0.3) is 0 Å². The average Bonchev–Trinajstić information content (AvgIpc) is 1.98. The standard InChI is InChI=1S/C10H18F2O/c1-4-7-10(11,12)13-8-5-6-9(2)3/h5-6,9H,4,7-8H2,1-3H3/b6-5+. The summed E-state index contributed by atoms with van der Waals surface area (Å²) in [5, 5.41) is 0. The topological polar surface area (TPSA) is 9.23 Å². The van der Waals surface area contributed by atoms with E-state index in [-0.39, 0.29) is 13.0 Å². The fraction of sp³-hybridized carbons (Fsp3) is 0.800. The van der Waals surface area contributed by atoms with Gasteiger partial charge in [-0.1, -0.05) is 32.9 Å².